The van der Waals surface area contributed by atoms with Crippen molar-refractivity contribution in [3.05, 3.63) is 47.1 Å². The molecule has 2 N–H and O–H groups in total. The number of ether oxygens (including phenoxy) is 1. The van der Waals surface area contributed by atoms with Gasteiger partial charge in [0.2, 0.25) is 0 Å². The van der Waals surface area contributed by atoms with Gasteiger partial charge in [-0.3, -0.25) is 0 Å². The van der Waals surface area contributed by atoms with Crippen molar-refractivity contribution in [1.29, 1.82) is 0 Å². The van der Waals surface area contributed by atoms with E-state index in [1.54, 1.807) is 32.1 Å². The van der Waals surface area contributed by atoms with E-state index in [-0.39, 0.29) is 18.7 Å². The van der Waals surface area contributed by atoms with E-state index in [9.17, 15) is 9.90 Å². The molecule has 0 aromatic rings. The fraction of sp³-hybridized carbons (Fsp3) is 0.550. The Morgan fingerprint density at radius 2 is 2.08 bits per heavy atom. The third-order valence-electron chi connectivity index (χ3n) is 3.91. The summed E-state index contributed by atoms with van der Waals surface area (Å²) in [6.45, 7) is 7.44. The molecule has 1 aliphatic rings. The number of aliphatic hydroxyl groups excluding tert-OH is 1. The zero-order valence-corrected chi connectivity index (χ0v) is 15.2. The van der Waals surface area contributed by atoms with Crippen molar-refractivity contribution in [2.75, 3.05) is 6.61 Å². The summed E-state index contributed by atoms with van der Waals surface area (Å²) in [5.74, 6) is -0.282. The van der Waals surface area contributed by atoms with Gasteiger partial charge in [-0.05, 0) is 52.5 Å². The first-order valence-electron chi connectivity index (χ1n) is 8.46. The molecule has 0 saturated carbocycles. The first-order chi connectivity index (χ1) is 11.2. The standard InChI is InChI=1S/C20H30O4/c1-15(12-14-21)7-5-8-16(2)18-11-10-17(19(22)24-18)9-6-13-20(3,4)23/h6,8,10,12-13,18,21,23H,5,7,9,11,14H2,1-4H3/b13-6+,15-12-,16-8+/t18-/m0/s1. The molecule has 1 heterocycles. The molecule has 1 aliphatic heterocycles. The van der Waals surface area contributed by atoms with Crippen molar-refractivity contribution in [2.45, 2.75) is 65.1 Å². The Hall–Kier alpha value is -1.65. The van der Waals surface area contributed by atoms with Gasteiger partial charge in [0.1, 0.15) is 6.10 Å². The predicted octanol–water partition coefficient (Wildman–Crippen LogP) is 3.61. The van der Waals surface area contributed by atoms with Crippen molar-refractivity contribution in [2.24, 2.45) is 0 Å². The van der Waals surface area contributed by atoms with Crippen LogP contribution in [0, 0.1) is 0 Å². The van der Waals surface area contributed by atoms with Crippen molar-refractivity contribution >= 4 is 5.97 Å². The highest BCUT2D eigenvalue weighted by Gasteiger charge is 2.23. The molecule has 0 bridgehead atoms. The molecule has 1 rings (SSSR count). The van der Waals surface area contributed by atoms with E-state index in [4.69, 9.17) is 9.84 Å². The highest BCUT2D eigenvalue weighted by atomic mass is 16.5. The van der Waals surface area contributed by atoms with Crippen LogP contribution in [0.2, 0.25) is 0 Å². The Bertz CT molecular complexity index is 544. The molecule has 4 heteroatoms. The minimum atomic E-state index is -0.871. The number of allylic oxidation sites excluding steroid dienone is 3. The number of rotatable bonds is 8. The Balaban J connectivity index is 2.55. The lowest BCUT2D eigenvalue weighted by Gasteiger charge is -2.23. The normalized spacial score (nSPS) is 20.3. The molecular formula is C20H30O4. The second-order valence-electron chi connectivity index (χ2n) is 6.84. The molecule has 0 spiro atoms. The number of hydrogen-bond acceptors (Lipinski definition) is 4. The molecule has 0 aromatic heterocycles. The molecule has 0 unspecified atom stereocenters. The van der Waals surface area contributed by atoms with E-state index < -0.39 is 5.60 Å². The van der Waals surface area contributed by atoms with Crippen LogP contribution in [-0.2, 0) is 9.53 Å². The van der Waals surface area contributed by atoms with Crippen LogP contribution in [0.3, 0.4) is 0 Å². The zero-order valence-electron chi connectivity index (χ0n) is 15.2. The van der Waals surface area contributed by atoms with E-state index in [0.29, 0.717) is 18.4 Å². The van der Waals surface area contributed by atoms with Crippen LogP contribution in [0.4, 0.5) is 0 Å². The van der Waals surface area contributed by atoms with Gasteiger partial charge in [0.15, 0.2) is 0 Å². The van der Waals surface area contributed by atoms with E-state index in [1.165, 1.54) is 0 Å². The number of cyclic esters (lactones) is 1. The van der Waals surface area contributed by atoms with Gasteiger partial charge >= 0.3 is 5.97 Å². The van der Waals surface area contributed by atoms with Gasteiger partial charge in [0.05, 0.1) is 12.2 Å². The number of hydrogen-bond donors (Lipinski definition) is 2. The van der Waals surface area contributed by atoms with Crippen molar-refractivity contribution in [1.82, 2.24) is 0 Å². The molecule has 0 saturated heterocycles. The van der Waals surface area contributed by atoms with Gasteiger partial charge in [0.25, 0.3) is 0 Å². The molecule has 0 radical (unpaired) electrons. The van der Waals surface area contributed by atoms with Crippen LogP contribution in [0.15, 0.2) is 47.1 Å². The maximum absolute atomic E-state index is 12.1. The first-order valence-corrected chi connectivity index (χ1v) is 8.46. The summed E-state index contributed by atoms with van der Waals surface area (Å²) in [6, 6.07) is 0. The molecule has 24 heavy (non-hydrogen) atoms. The van der Waals surface area contributed by atoms with Crippen LogP contribution >= 0.6 is 0 Å². The van der Waals surface area contributed by atoms with Crippen LogP contribution in [-0.4, -0.2) is 34.5 Å². The third kappa shape index (κ3) is 7.75. The quantitative estimate of drug-likeness (QED) is 0.526. The average molecular weight is 334 g/mol. The molecule has 134 valence electrons. The summed E-state index contributed by atoms with van der Waals surface area (Å²) in [4.78, 5) is 12.1. The van der Waals surface area contributed by atoms with Crippen molar-refractivity contribution in [3.63, 3.8) is 0 Å². The predicted molar refractivity (Wildman–Crippen MR) is 96.5 cm³/mol. The van der Waals surface area contributed by atoms with E-state index in [2.05, 4.69) is 6.08 Å². The Labute approximate surface area is 145 Å². The van der Waals surface area contributed by atoms with E-state index in [0.717, 1.165) is 24.0 Å². The monoisotopic (exact) mass is 334 g/mol. The largest absolute Gasteiger partial charge is 0.454 e. The van der Waals surface area contributed by atoms with Crippen LogP contribution < -0.4 is 0 Å². The highest BCUT2D eigenvalue weighted by Crippen LogP contribution is 2.23. The summed E-state index contributed by atoms with van der Waals surface area (Å²) in [6.07, 6.45) is 12.0. The smallest absolute Gasteiger partial charge is 0.334 e. The lowest BCUT2D eigenvalue weighted by atomic mass is 9.99. The maximum atomic E-state index is 12.1. The summed E-state index contributed by atoms with van der Waals surface area (Å²) in [5, 5.41) is 18.5. The number of esters is 1. The molecule has 0 fully saturated rings. The van der Waals surface area contributed by atoms with Gasteiger partial charge in [0, 0.05) is 12.0 Å². The van der Waals surface area contributed by atoms with Crippen LogP contribution in [0.5, 0.6) is 0 Å². The summed E-state index contributed by atoms with van der Waals surface area (Å²) in [5.41, 5.74) is 1.98. The van der Waals surface area contributed by atoms with Gasteiger partial charge < -0.3 is 14.9 Å². The van der Waals surface area contributed by atoms with Gasteiger partial charge in [-0.15, -0.1) is 0 Å². The van der Waals surface area contributed by atoms with Crippen molar-refractivity contribution in [3.8, 4) is 0 Å². The molecule has 4 nitrogen and oxygen atoms in total. The third-order valence-corrected chi connectivity index (χ3v) is 3.91. The maximum Gasteiger partial charge on any atom is 0.334 e. The minimum absolute atomic E-state index is 0.0737. The van der Waals surface area contributed by atoms with Gasteiger partial charge in [-0.1, -0.05) is 36.0 Å². The van der Waals surface area contributed by atoms with E-state index >= 15 is 0 Å². The Morgan fingerprint density at radius 1 is 1.38 bits per heavy atom. The number of aliphatic hydroxyl groups is 2. The topological polar surface area (TPSA) is 66.8 Å². The second kappa shape index (κ2) is 9.60. The Morgan fingerprint density at radius 3 is 2.67 bits per heavy atom. The van der Waals surface area contributed by atoms with Gasteiger partial charge in [-0.25, -0.2) is 4.79 Å². The highest BCUT2D eigenvalue weighted by molar-refractivity contribution is 5.89. The summed E-state index contributed by atoms with van der Waals surface area (Å²) >= 11 is 0. The second-order valence-corrected chi connectivity index (χ2v) is 6.84. The Kier molecular flexibility index (Phi) is 8.16. The molecule has 1 atom stereocenters. The lowest BCUT2D eigenvalue weighted by molar-refractivity contribution is -0.143. The molecular weight excluding hydrogens is 304 g/mol. The SMILES string of the molecule is C/C(=C/CO)CC/C=C(\C)[C@@H]1CC=C(C/C=C/C(C)(C)O)C(=O)O1. The fourth-order valence-corrected chi connectivity index (χ4v) is 2.42. The van der Waals surface area contributed by atoms with Crippen LogP contribution in [0.1, 0.15) is 53.4 Å². The number of carbonyl (C=O) groups excluding carboxylic acids is 1. The summed E-state index contributed by atoms with van der Waals surface area (Å²) in [7, 11) is 0. The first kappa shape index (κ1) is 20.4. The number of carbonyl (C=O) groups is 1. The average Bonchev–Trinajstić information content (AvgIpc) is 2.47. The molecule has 0 amide bonds. The lowest BCUT2D eigenvalue weighted by Crippen LogP contribution is -2.24. The van der Waals surface area contributed by atoms with Gasteiger partial charge in [-0.2, -0.15) is 0 Å². The summed E-state index contributed by atoms with van der Waals surface area (Å²) < 4.78 is 5.52. The molecule has 0 aliphatic carbocycles. The van der Waals surface area contributed by atoms with Crippen molar-refractivity contribution < 1.29 is 19.7 Å². The zero-order chi connectivity index (χ0) is 18.2. The minimum Gasteiger partial charge on any atom is -0.454 e. The molecule has 0 aromatic carbocycles. The fourth-order valence-electron chi connectivity index (χ4n) is 2.42. The van der Waals surface area contributed by atoms with E-state index in [1.807, 2.05) is 19.9 Å². The van der Waals surface area contributed by atoms with Crippen LogP contribution in [0.25, 0.3) is 0 Å².